The van der Waals surface area contributed by atoms with Crippen LogP contribution in [0, 0.1) is 0 Å². The predicted octanol–water partition coefficient (Wildman–Crippen LogP) is 3.76. The van der Waals surface area contributed by atoms with Gasteiger partial charge in [-0.05, 0) is 32.1 Å². The number of hydrogen-bond acceptors (Lipinski definition) is 5. The van der Waals surface area contributed by atoms with Gasteiger partial charge < -0.3 is 4.90 Å². The minimum atomic E-state index is -0.131. The zero-order chi connectivity index (χ0) is 16.8. The van der Waals surface area contributed by atoms with Crippen molar-refractivity contribution < 1.29 is 4.79 Å². The molecular weight excluding hydrogens is 308 g/mol. The lowest BCUT2D eigenvalue weighted by Gasteiger charge is -2.13. The fourth-order valence-electron chi connectivity index (χ4n) is 2.43. The third kappa shape index (κ3) is 4.84. The summed E-state index contributed by atoms with van der Waals surface area (Å²) in [6.45, 7) is 5.02. The first kappa shape index (κ1) is 17.6. The first-order valence-electron chi connectivity index (χ1n) is 7.88. The van der Waals surface area contributed by atoms with Crippen molar-refractivity contribution in [3.63, 3.8) is 0 Å². The molecule has 124 valence electrons. The smallest absolute Gasteiger partial charge is 0.257 e. The summed E-state index contributed by atoms with van der Waals surface area (Å²) in [6.07, 6.45) is 2.19. The number of nitrogens with one attached hydrogen (secondary N) is 1. The zero-order valence-corrected chi connectivity index (χ0v) is 15.0. The van der Waals surface area contributed by atoms with E-state index in [1.807, 2.05) is 43.3 Å². The third-order valence-electron chi connectivity index (χ3n) is 3.55. The van der Waals surface area contributed by atoms with Crippen molar-refractivity contribution in [3.8, 4) is 0 Å². The van der Waals surface area contributed by atoms with Crippen LogP contribution in [-0.4, -0.2) is 35.1 Å². The highest BCUT2D eigenvalue weighted by atomic mass is 32.1. The lowest BCUT2D eigenvalue weighted by molar-refractivity contribution is 0.102. The van der Waals surface area contributed by atoms with Gasteiger partial charge >= 0.3 is 0 Å². The van der Waals surface area contributed by atoms with Crippen LogP contribution in [0.15, 0.2) is 24.3 Å². The van der Waals surface area contributed by atoms with Crippen molar-refractivity contribution in [2.45, 2.75) is 39.2 Å². The number of benzene rings is 1. The molecule has 1 N–H and O–H groups in total. The molecule has 0 aliphatic heterocycles. The molecule has 0 aliphatic rings. The molecule has 1 aromatic carbocycles. The Hall–Kier alpha value is -1.79. The van der Waals surface area contributed by atoms with E-state index < -0.39 is 0 Å². The lowest BCUT2D eigenvalue weighted by Crippen LogP contribution is -2.18. The largest absolute Gasteiger partial charge is 0.305 e. The molecule has 0 bridgehead atoms. The van der Waals surface area contributed by atoms with Crippen LogP contribution in [0.25, 0.3) is 0 Å². The van der Waals surface area contributed by atoms with Gasteiger partial charge in [-0.2, -0.15) is 0 Å². The van der Waals surface area contributed by atoms with Crippen LogP contribution in [0.1, 0.15) is 53.5 Å². The van der Waals surface area contributed by atoms with E-state index >= 15 is 0 Å². The summed E-state index contributed by atoms with van der Waals surface area (Å²) in [5.74, 6) is 0.248. The van der Waals surface area contributed by atoms with Gasteiger partial charge in [0.05, 0.1) is 0 Å². The molecule has 0 saturated heterocycles. The number of aromatic nitrogens is 2. The number of rotatable bonds is 7. The molecule has 0 radical (unpaired) electrons. The van der Waals surface area contributed by atoms with Gasteiger partial charge in [-0.25, -0.2) is 0 Å². The second-order valence-corrected chi connectivity index (χ2v) is 6.99. The quantitative estimate of drug-likeness (QED) is 0.839. The van der Waals surface area contributed by atoms with Gasteiger partial charge in [-0.15, -0.1) is 10.2 Å². The Morgan fingerprint density at radius 1 is 1.30 bits per heavy atom. The fraction of sp³-hybridized carbons (Fsp3) is 0.471. The van der Waals surface area contributed by atoms with E-state index in [2.05, 4.69) is 29.4 Å². The van der Waals surface area contributed by atoms with Gasteiger partial charge in [-0.3, -0.25) is 10.1 Å². The maximum Gasteiger partial charge on any atom is 0.257 e. The summed E-state index contributed by atoms with van der Waals surface area (Å²) in [6, 6.07) is 7.65. The number of hydrogen-bond donors (Lipinski definition) is 1. The van der Waals surface area contributed by atoms with Crippen LogP contribution in [0.5, 0.6) is 0 Å². The highest BCUT2D eigenvalue weighted by Gasteiger charge is 2.16. The second kappa shape index (κ2) is 8.17. The summed E-state index contributed by atoms with van der Waals surface area (Å²) in [5.41, 5.74) is 1.68. The summed E-state index contributed by atoms with van der Waals surface area (Å²) in [4.78, 5) is 14.6. The molecule has 2 rings (SSSR count). The van der Waals surface area contributed by atoms with Gasteiger partial charge in [-0.1, -0.05) is 49.8 Å². The van der Waals surface area contributed by atoms with Gasteiger partial charge in [0.2, 0.25) is 5.13 Å². The molecule has 0 fully saturated rings. The minimum Gasteiger partial charge on any atom is -0.305 e. The Balaban J connectivity index is 2.11. The fourth-order valence-corrected chi connectivity index (χ4v) is 3.25. The summed E-state index contributed by atoms with van der Waals surface area (Å²) >= 11 is 1.46. The van der Waals surface area contributed by atoms with Gasteiger partial charge in [0.1, 0.15) is 5.01 Å². The van der Waals surface area contributed by atoms with Gasteiger partial charge in [0, 0.05) is 18.0 Å². The first-order valence-corrected chi connectivity index (χ1v) is 8.70. The first-order chi connectivity index (χ1) is 11.0. The molecule has 0 aliphatic carbocycles. The number of carbonyl (C=O) groups is 1. The molecule has 5 nitrogen and oxygen atoms in total. The van der Waals surface area contributed by atoms with E-state index in [1.165, 1.54) is 11.3 Å². The highest BCUT2D eigenvalue weighted by molar-refractivity contribution is 7.15. The van der Waals surface area contributed by atoms with Crippen LogP contribution < -0.4 is 5.32 Å². The molecule has 0 unspecified atom stereocenters. The highest BCUT2D eigenvalue weighted by Crippen LogP contribution is 2.26. The van der Waals surface area contributed by atoms with Crippen LogP contribution in [-0.2, 0) is 6.54 Å². The Kier molecular flexibility index (Phi) is 6.24. The van der Waals surface area contributed by atoms with E-state index in [1.54, 1.807) is 0 Å². The number of anilines is 1. The Morgan fingerprint density at radius 2 is 2.04 bits per heavy atom. The average Bonchev–Trinajstić information content (AvgIpc) is 2.96. The zero-order valence-electron chi connectivity index (χ0n) is 14.2. The average molecular weight is 332 g/mol. The summed E-state index contributed by atoms with van der Waals surface area (Å²) < 4.78 is 0. The predicted molar refractivity (Wildman–Crippen MR) is 95.0 cm³/mol. The summed E-state index contributed by atoms with van der Waals surface area (Å²) in [5, 5.41) is 12.7. The topological polar surface area (TPSA) is 58.1 Å². The minimum absolute atomic E-state index is 0.131. The molecule has 2 aromatic rings. The van der Waals surface area contributed by atoms with Crippen LogP contribution in [0.3, 0.4) is 0 Å². The normalized spacial score (nSPS) is 12.4. The second-order valence-electron chi connectivity index (χ2n) is 5.98. The maximum atomic E-state index is 12.5. The van der Waals surface area contributed by atoms with Crippen LogP contribution in [0.2, 0.25) is 0 Å². The van der Waals surface area contributed by atoms with Crippen molar-refractivity contribution in [1.82, 2.24) is 15.1 Å². The number of nitrogens with zero attached hydrogens (tertiary/aromatic N) is 3. The van der Waals surface area contributed by atoms with Crippen LogP contribution >= 0.6 is 11.3 Å². The molecule has 1 atom stereocenters. The molecule has 23 heavy (non-hydrogen) atoms. The van der Waals surface area contributed by atoms with Crippen LogP contribution in [0.4, 0.5) is 5.13 Å². The number of carbonyl (C=O) groups excluding carboxylic acids is 1. The SMILES string of the molecule is CCC[C@@H](C)c1nnc(NC(=O)c2ccccc2CN(C)C)s1. The monoisotopic (exact) mass is 332 g/mol. The number of amides is 1. The Morgan fingerprint density at radius 3 is 2.74 bits per heavy atom. The molecule has 6 heteroatoms. The van der Waals surface area contributed by atoms with E-state index in [9.17, 15) is 4.79 Å². The molecule has 0 saturated carbocycles. The molecule has 0 spiro atoms. The van der Waals surface area contributed by atoms with Crippen molar-refractivity contribution in [3.05, 3.63) is 40.4 Å². The standard InChI is InChI=1S/C17H24N4OS/c1-5-8-12(2)16-19-20-17(23-16)18-15(22)14-10-7-6-9-13(14)11-21(3)4/h6-7,9-10,12H,5,8,11H2,1-4H3,(H,18,20,22)/t12-/m1/s1. The van der Waals surface area contributed by atoms with E-state index in [0.29, 0.717) is 16.6 Å². The Bertz CT molecular complexity index is 654. The van der Waals surface area contributed by atoms with Crippen molar-refractivity contribution in [2.24, 2.45) is 0 Å². The van der Waals surface area contributed by atoms with Crippen molar-refractivity contribution >= 4 is 22.4 Å². The molecule has 1 heterocycles. The van der Waals surface area contributed by atoms with Gasteiger partial charge in [0.25, 0.3) is 5.91 Å². The molecule has 1 amide bonds. The van der Waals surface area contributed by atoms with Crippen molar-refractivity contribution in [1.29, 1.82) is 0 Å². The van der Waals surface area contributed by atoms with E-state index in [4.69, 9.17) is 0 Å². The van der Waals surface area contributed by atoms with Crippen molar-refractivity contribution in [2.75, 3.05) is 19.4 Å². The van der Waals surface area contributed by atoms with E-state index in [-0.39, 0.29) is 5.91 Å². The molecular formula is C17H24N4OS. The summed E-state index contributed by atoms with van der Waals surface area (Å²) in [7, 11) is 3.97. The lowest BCUT2D eigenvalue weighted by atomic mass is 10.1. The Labute approximate surface area is 141 Å². The van der Waals surface area contributed by atoms with Gasteiger partial charge in [0.15, 0.2) is 0 Å². The third-order valence-corrected chi connectivity index (χ3v) is 4.62. The maximum absolute atomic E-state index is 12.5. The van der Waals surface area contributed by atoms with E-state index in [0.717, 1.165) is 30.0 Å². The molecule has 1 aromatic heterocycles.